The van der Waals surface area contributed by atoms with Crippen molar-refractivity contribution >= 4 is 40.4 Å². The number of nitrogens with zero attached hydrogens (tertiary/aromatic N) is 3. The quantitative estimate of drug-likeness (QED) is 0.394. The topological polar surface area (TPSA) is 93.0 Å². The Kier molecular flexibility index (Phi) is 6.38. The van der Waals surface area contributed by atoms with Crippen LogP contribution in [0, 0.1) is 16.0 Å². The van der Waals surface area contributed by atoms with Gasteiger partial charge in [0.05, 0.1) is 23.0 Å². The first-order valence-corrected chi connectivity index (χ1v) is 11.2. The van der Waals surface area contributed by atoms with Crippen LogP contribution in [0.2, 0.25) is 0 Å². The van der Waals surface area contributed by atoms with Crippen LogP contribution in [0.25, 0.3) is 6.08 Å². The van der Waals surface area contributed by atoms with Crippen LogP contribution in [0.1, 0.15) is 37.7 Å². The second-order valence-electron chi connectivity index (χ2n) is 7.90. The Morgan fingerprint density at radius 3 is 2.60 bits per heavy atom. The number of hydrogen-bond acceptors (Lipinski definition) is 7. The summed E-state index contributed by atoms with van der Waals surface area (Å²) in [5.41, 5.74) is 1.34. The number of hydrogen-bond donors (Lipinski definition) is 0. The fourth-order valence-corrected chi connectivity index (χ4v) is 5.13. The number of non-ortho nitro benzene ring substituents is 1. The smallest absolute Gasteiger partial charge is 0.293 e. The monoisotopic (exact) mass is 431 g/mol. The molecule has 160 valence electrons. The van der Waals surface area contributed by atoms with Crippen molar-refractivity contribution in [1.82, 2.24) is 4.90 Å². The molecule has 2 saturated heterocycles. The third-order valence-corrected chi connectivity index (χ3v) is 6.81. The lowest BCUT2D eigenvalue weighted by atomic mass is 9.89. The molecule has 0 spiro atoms. The summed E-state index contributed by atoms with van der Waals surface area (Å²) < 4.78 is 5.40. The van der Waals surface area contributed by atoms with E-state index in [-0.39, 0.29) is 16.8 Å². The first-order valence-electron chi connectivity index (χ1n) is 10.4. The average molecular weight is 432 g/mol. The molecule has 8 nitrogen and oxygen atoms in total. The van der Waals surface area contributed by atoms with Crippen LogP contribution in [0.5, 0.6) is 0 Å². The predicted molar refractivity (Wildman–Crippen MR) is 115 cm³/mol. The third kappa shape index (κ3) is 4.52. The van der Waals surface area contributed by atoms with Crippen molar-refractivity contribution in [3.05, 3.63) is 38.8 Å². The molecular formula is C21H25N3O5S. The lowest BCUT2D eigenvalue weighted by molar-refractivity contribution is -0.384. The molecule has 30 heavy (non-hydrogen) atoms. The summed E-state index contributed by atoms with van der Waals surface area (Å²) >= 11 is 0.920. The lowest BCUT2D eigenvalue weighted by Gasteiger charge is -2.30. The third-order valence-electron chi connectivity index (χ3n) is 5.90. The maximum atomic E-state index is 12.9. The van der Waals surface area contributed by atoms with Gasteiger partial charge in [-0.1, -0.05) is 19.3 Å². The van der Waals surface area contributed by atoms with Gasteiger partial charge in [-0.05, 0) is 42.7 Å². The van der Waals surface area contributed by atoms with Gasteiger partial charge in [0.15, 0.2) is 0 Å². The van der Waals surface area contributed by atoms with Crippen LogP contribution < -0.4 is 4.90 Å². The first kappa shape index (κ1) is 20.9. The fraction of sp³-hybridized carbons (Fsp3) is 0.524. The summed E-state index contributed by atoms with van der Waals surface area (Å²) in [4.78, 5) is 40.1. The summed E-state index contributed by atoms with van der Waals surface area (Å²) in [5, 5.41) is 11.0. The molecule has 2 heterocycles. The van der Waals surface area contributed by atoms with Crippen molar-refractivity contribution in [2.75, 3.05) is 37.7 Å². The Labute approximate surface area is 179 Å². The van der Waals surface area contributed by atoms with Gasteiger partial charge in [0.25, 0.3) is 16.8 Å². The number of benzene rings is 1. The van der Waals surface area contributed by atoms with Crippen molar-refractivity contribution in [1.29, 1.82) is 0 Å². The number of rotatable bonds is 5. The maximum Gasteiger partial charge on any atom is 0.293 e. The van der Waals surface area contributed by atoms with E-state index >= 15 is 0 Å². The molecule has 1 aromatic carbocycles. The van der Waals surface area contributed by atoms with Gasteiger partial charge < -0.3 is 9.64 Å². The minimum Gasteiger partial charge on any atom is -0.378 e. The molecule has 2 aliphatic heterocycles. The van der Waals surface area contributed by atoms with Gasteiger partial charge in [-0.15, -0.1) is 0 Å². The first-order chi connectivity index (χ1) is 14.5. The molecule has 1 saturated carbocycles. The second-order valence-corrected chi connectivity index (χ2v) is 8.89. The van der Waals surface area contributed by atoms with E-state index in [1.807, 2.05) is 0 Å². The minimum atomic E-state index is -0.449. The highest BCUT2D eigenvalue weighted by Crippen LogP contribution is 2.37. The molecule has 1 aliphatic carbocycles. The summed E-state index contributed by atoms with van der Waals surface area (Å²) in [6, 6.07) is 4.65. The van der Waals surface area contributed by atoms with Crippen molar-refractivity contribution < 1.29 is 19.2 Å². The number of nitro groups is 1. The molecule has 0 radical (unpaired) electrons. The van der Waals surface area contributed by atoms with Crippen LogP contribution in [0.15, 0.2) is 23.1 Å². The fourth-order valence-electron chi connectivity index (χ4n) is 4.29. The lowest BCUT2D eigenvalue weighted by Crippen LogP contribution is -2.36. The molecular weight excluding hydrogens is 406 g/mol. The van der Waals surface area contributed by atoms with Crippen LogP contribution in [-0.2, 0) is 9.53 Å². The van der Waals surface area contributed by atoms with Crippen molar-refractivity contribution in [3.63, 3.8) is 0 Å². The standard InChI is InChI=1S/C21H25N3O5S/c25-20-19(30-21(26)23(20)14-15-4-2-1-3-5-15)13-16-12-17(24(27)28)6-7-18(16)22-8-10-29-11-9-22/h6-7,12-13,15H,1-5,8-11,14H2/b19-13-. The van der Waals surface area contributed by atoms with E-state index in [0.29, 0.717) is 49.2 Å². The molecule has 0 atom stereocenters. The molecule has 4 rings (SSSR count). The molecule has 1 aromatic rings. The number of nitro benzene ring substituents is 1. The van der Waals surface area contributed by atoms with Gasteiger partial charge in [-0.25, -0.2) is 0 Å². The van der Waals surface area contributed by atoms with Crippen molar-refractivity contribution in [3.8, 4) is 0 Å². The molecule has 3 fully saturated rings. The highest BCUT2D eigenvalue weighted by atomic mass is 32.2. The van der Waals surface area contributed by atoms with Crippen LogP contribution in [-0.4, -0.2) is 53.8 Å². The molecule has 0 aromatic heterocycles. The van der Waals surface area contributed by atoms with Gasteiger partial charge >= 0.3 is 0 Å². The predicted octanol–water partition coefficient (Wildman–Crippen LogP) is 4.05. The molecule has 0 unspecified atom stereocenters. The zero-order chi connectivity index (χ0) is 21.1. The van der Waals surface area contributed by atoms with Crippen molar-refractivity contribution in [2.24, 2.45) is 5.92 Å². The zero-order valence-electron chi connectivity index (χ0n) is 16.7. The van der Waals surface area contributed by atoms with E-state index in [2.05, 4.69) is 4.90 Å². The summed E-state index contributed by atoms with van der Waals surface area (Å²) in [6.07, 6.45) is 7.24. The van der Waals surface area contributed by atoms with Gasteiger partial charge in [0, 0.05) is 43.0 Å². The summed E-state index contributed by atoms with van der Waals surface area (Å²) in [5.74, 6) is 0.0725. The number of carbonyl (C=O) groups excluding carboxylic acids is 2. The number of amides is 2. The molecule has 3 aliphatic rings. The average Bonchev–Trinajstić information content (AvgIpc) is 3.02. The van der Waals surface area contributed by atoms with Crippen LogP contribution in [0.3, 0.4) is 0 Å². The highest BCUT2D eigenvalue weighted by molar-refractivity contribution is 8.18. The molecule has 0 N–H and O–H groups in total. The van der Waals surface area contributed by atoms with E-state index < -0.39 is 4.92 Å². The Bertz CT molecular complexity index is 875. The van der Waals surface area contributed by atoms with E-state index in [9.17, 15) is 19.7 Å². The number of thioether (sulfide) groups is 1. The number of carbonyl (C=O) groups is 2. The Morgan fingerprint density at radius 1 is 1.17 bits per heavy atom. The van der Waals surface area contributed by atoms with Crippen LogP contribution >= 0.6 is 11.8 Å². The summed E-state index contributed by atoms with van der Waals surface area (Å²) in [7, 11) is 0. The Balaban J connectivity index is 1.60. The summed E-state index contributed by atoms with van der Waals surface area (Å²) in [6.45, 7) is 2.96. The van der Waals surface area contributed by atoms with E-state index in [0.717, 1.165) is 43.1 Å². The SMILES string of the molecule is O=C1S/C(=C\c2cc([N+](=O)[O-])ccc2N2CCOCC2)C(=O)N1CC1CCCCC1. The van der Waals surface area contributed by atoms with Gasteiger partial charge in [0.1, 0.15) is 0 Å². The van der Waals surface area contributed by atoms with Gasteiger partial charge in [-0.3, -0.25) is 24.6 Å². The normalized spacial score (nSPS) is 22.2. The molecule has 2 amide bonds. The Morgan fingerprint density at radius 2 is 1.90 bits per heavy atom. The number of morpholine rings is 1. The van der Waals surface area contributed by atoms with Crippen LogP contribution in [0.4, 0.5) is 16.2 Å². The van der Waals surface area contributed by atoms with Gasteiger partial charge in [-0.2, -0.15) is 0 Å². The van der Waals surface area contributed by atoms with E-state index in [4.69, 9.17) is 4.74 Å². The number of imide groups is 1. The second kappa shape index (κ2) is 9.18. The van der Waals surface area contributed by atoms with Gasteiger partial charge in [0.2, 0.25) is 0 Å². The molecule has 0 bridgehead atoms. The van der Waals surface area contributed by atoms with Crippen molar-refractivity contribution in [2.45, 2.75) is 32.1 Å². The molecule has 9 heteroatoms. The zero-order valence-corrected chi connectivity index (χ0v) is 17.6. The van der Waals surface area contributed by atoms with E-state index in [1.165, 1.54) is 23.5 Å². The largest absolute Gasteiger partial charge is 0.378 e. The number of anilines is 1. The number of ether oxygens (including phenoxy) is 1. The Hall–Kier alpha value is -2.39. The van der Waals surface area contributed by atoms with E-state index in [1.54, 1.807) is 12.1 Å². The highest BCUT2D eigenvalue weighted by Gasteiger charge is 2.36. The minimum absolute atomic E-state index is 0.0420. The maximum absolute atomic E-state index is 12.9.